The molecule has 31 heavy (non-hydrogen) atoms. The molecule has 3 heterocycles. The maximum atomic E-state index is 13.8. The van der Waals surface area contributed by atoms with E-state index in [2.05, 4.69) is 26.0 Å². The van der Waals surface area contributed by atoms with Gasteiger partial charge in [-0.2, -0.15) is 0 Å². The smallest absolute Gasteiger partial charge is 0.290 e. The van der Waals surface area contributed by atoms with Gasteiger partial charge in [-0.05, 0) is 61.5 Å². The zero-order chi connectivity index (χ0) is 21.7. The SMILES string of the molecule is CSc1ccc(C2C3=C(OC4CC(C)C(C)CC4C3=O)C(=O)N2CC2CCCO2)cc1. The lowest BCUT2D eigenvalue weighted by Gasteiger charge is -2.40. The molecular weight excluding hydrogens is 410 g/mol. The molecule has 1 aliphatic carbocycles. The Morgan fingerprint density at radius 3 is 2.52 bits per heavy atom. The lowest BCUT2D eigenvalue weighted by atomic mass is 9.70. The minimum atomic E-state index is -0.384. The molecule has 0 N–H and O–H groups in total. The summed E-state index contributed by atoms with van der Waals surface area (Å²) >= 11 is 1.68. The van der Waals surface area contributed by atoms with Crippen molar-refractivity contribution in [2.75, 3.05) is 19.4 Å². The number of amides is 1. The number of rotatable bonds is 4. The number of ether oxygens (including phenoxy) is 2. The van der Waals surface area contributed by atoms with Gasteiger partial charge in [0.1, 0.15) is 6.10 Å². The molecule has 3 aliphatic heterocycles. The van der Waals surface area contributed by atoms with Crippen LogP contribution in [0.2, 0.25) is 0 Å². The van der Waals surface area contributed by atoms with Crippen LogP contribution in [-0.4, -0.2) is 48.2 Å². The number of fused-ring (bicyclic) bond motifs is 1. The topological polar surface area (TPSA) is 55.8 Å². The van der Waals surface area contributed by atoms with Crippen LogP contribution in [0.15, 0.2) is 40.5 Å². The van der Waals surface area contributed by atoms with Crippen LogP contribution >= 0.6 is 11.8 Å². The number of carbonyl (C=O) groups excluding carboxylic acids is 2. The summed E-state index contributed by atoms with van der Waals surface area (Å²) in [7, 11) is 0. The summed E-state index contributed by atoms with van der Waals surface area (Å²) in [6.45, 7) is 5.68. The number of benzene rings is 1. The molecule has 1 amide bonds. The van der Waals surface area contributed by atoms with Gasteiger partial charge in [0.15, 0.2) is 11.5 Å². The molecule has 4 aliphatic rings. The van der Waals surface area contributed by atoms with Gasteiger partial charge in [0, 0.05) is 18.0 Å². The number of thioether (sulfide) groups is 1. The van der Waals surface area contributed by atoms with Crippen molar-refractivity contribution in [1.82, 2.24) is 4.90 Å². The third-order valence-corrected chi connectivity index (χ3v) is 8.41. The highest BCUT2D eigenvalue weighted by atomic mass is 32.2. The second-order valence-electron chi connectivity index (χ2n) is 9.56. The van der Waals surface area contributed by atoms with Crippen molar-refractivity contribution in [3.05, 3.63) is 41.2 Å². The number of hydrogen-bond acceptors (Lipinski definition) is 5. The lowest BCUT2D eigenvalue weighted by Crippen LogP contribution is -2.43. The Bertz CT molecular complexity index is 905. The molecule has 0 radical (unpaired) electrons. The summed E-state index contributed by atoms with van der Waals surface area (Å²) in [4.78, 5) is 30.3. The van der Waals surface area contributed by atoms with Gasteiger partial charge in [-0.25, -0.2) is 0 Å². The molecular formula is C25H31NO4S. The van der Waals surface area contributed by atoms with E-state index in [0.29, 0.717) is 29.7 Å². The fraction of sp³-hybridized carbons (Fsp3) is 0.600. The third-order valence-electron chi connectivity index (χ3n) is 7.66. The highest BCUT2D eigenvalue weighted by molar-refractivity contribution is 7.98. The maximum Gasteiger partial charge on any atom is 0.290 e. The number of ketones is 1. The molecule has 166 valence electrons. The average molecular weight is 442 g/mol. The van der Waals surface area contributed by atoms with Gasteiger partial charge in [0.2, 0.25) is 0 Å². The number of carbonyl (C=O) groups is 2. The van der Waals surface area contributed by atoms with E-state index in [1.807, 2.05) is 23.3 Å². The van der Waals surface area contributed by atoms with E-state index in [9.17, 15) is 9.59 Å². The van der Waals surface area contributed by atoms with Crippen LogP contribution in [0.1, 0.15) is 51.1 Å². The molecule has 6 atom stereocenters. The van der Waals surface area contributed by atoms with Crippen molar-refractivity contribution in [3.63, 3.8) is 0 Å². The molecule has 6 unspecified atom stereocenters. The van der Waals surface area contributed by atoms with Crippen LogP contribution < -0.4 is 0 Å². The van der Waals surface area contributed by atoms with E-state index in [1.54, 1.807) is 11.8 Å². The first-order chi connectivity index (χ1) is 15.0. The second kappa shape index (κ2) is 8.28. The minimum Gasteiger partial charge on any atom is -0.483 e. The Hall–Kier alpha value is -1.79. The van der Waals surface area contributed by atoms with Crippen LogP contribution in [0.5, 0.6) is 0 Å². The fourth-order valence-corrected chi connectivity index (χ4v) is 6.05. The maximum absolute atomic E-state index is 13.8. The summed E-state index contributed by atoms with van der Waals surface area (Å²) < 4.78 is 12.2. The largest absolute Gasteiger partial charge is 0.483 e. The summed E-state index contributed by atoms with van der Waals surface area (Å²) in [6.07, 6.45) is 5.52. The van der Waals surface area contributed by atoms with Crippen molar-refractivity contribution in [2.45, 2.75) is 62.7 Å². The van der Waals surface area contributed by atoms with Gasteiger partial charge in [-0.3, -0.25) is 9.59 Å². The number of hydrogen-bond donors (Lipinski definition) is 0. The van der Waals surface area contributed by atoms with E-state index < -0.39 is 0 Å². The van der Waals surface area contributed by atoms with E-state index in [-0.39, 0.29) is 35.9 Å². The average Bonchev–Trinajstić information content (AvgIpc) is 3.38. The normalized spacial score (nSPS) is 35.3. The Kier molecular flexibility index (Phi) is 5.63. The van der Waals surface area contributed by atoms with Crippen LogP contribution in [-0.2, 0) is 19.1 Å². The molecule has 0 bridgehead atoms. The Labute approximate surface area is 188 Å². The second-order valence-corrected chi connectivity index (χ2v) is 10.4. The van der Waals surface area contributed by atoms with Gasteiger partial charge in [-0.15, -0.1) is 11.8 Å². The predicted octanol–water partition coefficient (Wildman–Crippen LogP) is 4.38. The predicted molar refractivity (Wildman–Crippen MR) is 120 cm³/mol. The van der Waals surface area contributed by atoms with Gasteiger partial charge in [-0.1, -0.05) is 26.0 Å². The minimum absolute atomic E-state index is 0.0238. The molecule has 0 spiro atoms. The van der Waals surface area contributed by atoms with Crippen LogP contribution in [0.25, 0.3) is 0 Å². The molecule has 2 fully saturated rings. The van der Waals surface area contributed by atoms with Gasteiger partial charge < -0.3 is 14.4 Å². The van der Waals surface area contributed by atoms with Crippen LogP contribution in [0.3, 0.4) is 0 Å². The lowest BCUT2D eigenvalue weighted by molar-refractivity contribution is -0.138. The zero-order valence-corrected chi connectivity index (χ0v) is 19.3. The molecule has 1 aromatic rings. The monoisotopic (exact) mass is 441 g/mol. The molecule has 5 rings (SSSR count). The Morgan fingerprint density at radius 2 is 1.84 bits per heavy atom. The quantitative estimate of drug-likeness (QED) is 0.649. The molecule has 1 saturated carbocycles. The first-order valence-electron chi connectivity index (χ1n) is 11.5. The van der Waals surface area contributed by atoms with Gasteiger partial charge >= 0.3 is 0 Å². The zero-order valence-electron chi connectivity index (χ0n) is 18.5. The first kappa shape index (κ1) is 21.1. The molecule has 5 nitrogen and oxygen atoms in total. The van der Waals surface area contributed by atoms with E-state index in [4.69, 9.17) is 9.47 Å². The van der Waals surface area contributed by atoms with Crippen molar-refractivity contribution in [1.29, 1.82) is 0 Å². The van der Waals surface area contributed by atoms with Crippen LogP contribution in [0, 0.1) is 17.8 Å². The standard InChI is InChI=1S/C25H31NO4S/c1-14-11-19-20(12-15(14)2)30-24-21(23(19)27)22(16-6-8-18(31-3)9-7-16)26(25(24)28)13-17-5-4-10-29-17/h6-9,14-15,17,19-20,22H,4-5,10-13H2,1-3H3. The molecule has 1 saturated heterocycles. The Balaban J connectivity index is 1.53. The molecule has 0 aromatic heterocycles. The summed E-state index contributed by atoms with van der Waals surface area (Å²) in [5.41, 5.74) is 1.55. The highest BCUT2D eigenvalue weighted by Gasteiger charge is 2.53. The fourth-order valence-electron chi connectivity index (χ4n) is 5.64. The van der Waals surface area contributed by atoms with Gasteiger partial charge in [0.25, 0.3) is 5.91 Å². The van der Waals surface area contributed by atoms with E-state index in [1.165, 1.54) is 0 Å². The van der Waals surface area contributed by atoms with Crippen molar-refractivity contribution >= 4 is 23.5 Å². The Morgan fingerprint density at radius 1 is 1.10 bits per heavy atom. The van der Waals surface area contributed by atoms with E-state index >= 15 is 0 Å². The first-order valence-corrected chi connectivity index (χ1v) is 12.7. The highest BCUT2D eigenvalue weighted by Crippen LogP contribution is 2.48. The summed E-state index contributed by atoms with van der Waals surface area (Å²) in [5, 5.41) is 0. The summed E-state index contributed by atoms with van der Waals surface area (Å²) in [5.74, 6) is 1.09. The van der Waals surface area contributed by atoms with Crippen LogP contribution in [0.4, 0.5) is 0 Å². The van der Waals surface area contributed by atoms with E-state index in [0.717, 1.165) is 42.7 Å². The van der Waals surface area contributed by atoms with Crippen molar-refractivity contribution in [2.24, 2.45) is 17.8 Å². The number of Topliss-reactive ketones (excluding diaryl/α,β-unsaturated/α-hetero) is 1. The van der Waals surface area contributed by atoms with Crippen molar-refractivity contribution < 1.29 is 19.1 Å². The molecule has 6 heteroatoms. The molecule has 1 aromatic carbocycles. The van der Waals surface area contributed by atoms with Gasteiger partial charge in [0.05, 0.1) is 23.6 Å². The van der Waals surface area contributed by atoms with Crippen molar-refractivity contribution in [3.8, 4) is 0 Å². The number of nitrogens with zero attached hydrogens (tertiary/aromatic N) is 1. The third kappa shape index (κ3) is 3.62. The summed E-state index contributed by atoms with van der Waals surface area (Å²) in [6, 6.07) is 7.84.